The smallest absolute Gasteiger partial charge is 0.0991 e. The maximum absolute atomic E-state index is 9.37. The molecule has 0 saturated heterocycles. The van der Waals surface area contributed by atoms with Crippen LogP contribution >= 0.6 is 0 Å². The molecule has 24 heavy (non-hydrogen) atoms. The summed E-state index contributed by atoms with van der Waals surface area (Å²) >= 11 is 0. The predicted molar refractivity (Wildman–Crippen MR) is 101 cm³/mol. The monoisotopic (exact) mass is 322 g/mol. The third-order valence-corrected chi connectivity index (χ3v) is 4.47. The summed E-state index contributed by atoms with van der Waals surface area (Å²) in [5.74, 6) is 0. The number of unbranched alkanes of at least 4 members (excludes halogenated alkanes) is 6. The van der Waals surface area contributed by atoms with Crippen molar-refractivity contribution < 1.29 is 0 Å². The molecule has 0 radical (unpaired) electrons. The van der Waals surface area contributed by atoms with Crippen LogP contribution in [-0.4, -0.2) is 0 Å². The van der Waals surface area contributed by atoms with Crippen LogP contribution in [0.5, 0.6) is 0 Å². The van der Waals surface area contributed by atoms with Gasteiger partial charge in [-0.1, -0.05) is 59.0 Å². The maximum atomic E-state index is 9.37. The zero-order chi connectivity index (χ0) is 17.8. The van der Waals surface area contributed by atoms with E-state index in [2.05, 4.69) is 32.6 Å². The van der Waals surface area contributed by atoms with Crippen LogP contribution in [0.15, 0.2) is 18.7 Å². The lowest BCUT2D eigenvalue weighted by Gasteiger charge is -2.15. The van der Waals surface area contributed by atoms with Gasteiger partial charge in [-0.25, -0.2) is 0 Å². The molecule has 0 fully saturated rings. The Morgan fingerprint density at radius 1 is 0.875 bits per heavy atom. The minimum atomic E-state index is 0.537. The number of allylic oxidation sites excluding steroid dienone is 1. The third-order valence-electron chi connectivity index (χ3n) is 4.47. The number of benzene rings is 1. The van der Waals surface area contributed by atoms with E-state index in [1.165, 1.54) is 38.5 Å². The summed E-state index contributed by atoms with van der Waals surface area (Å²) in [6.07, 6.45) is 11.3. The van der Waals surface area contributed by atoms with Crippen molar-refractivity contribution in [3.05, 3.63) is 41.0 Å². The van der Waals surface area contributed by atoms with Gasteiger partial charge in [-0.15, -0.1) is 0 Å². The molecular formula is C22H30N2. The number of hydrogen-bond acceptors (Lipinski definition) is 2. The lowest BCUT2D eigenvalue weighted by molar-refractivity contribution is 0.660. The van der Waals surface area contributed by atoms with Crippen LogP contribution in [0.25, 0.3) is 5.57 Å². The van der Waals surface area contributed by atoms with Gasteiger partial charge in [0.05, 0.1) is 23.3 Å². The Labute approximate surface area is 147 Å². The second-order valence-electron chi connectivity index (χ2n) is 6.49. The molecule has 0 amide bonds. The summed E-state index contributed by atoms with van der Waals surface area (Å²) in [5.41, 5.74) is 4.50. The maximum Gasteiger partial charge on any atom is 0.0991 e. The molecule has 0 atom stereocenters. The van der Waals surface area contributed by atoms with Gasteiger partial charge in [-0.3, -0.25) is 0 Å². The van der Waals surface area contributed by atoms with E-state index in [9.17, 15) is 10.5 Å². The van der Waals surface area contributed by atoms with Crippen molar-refractivity contribution >= 4 is 5.57 Å². The molecular weight excluding hydrogens is 292 g/mol. The fourth-order valence-corrected chi connectivity index (χ4v) is 3.15. The second-order valence-corrected chi connectivity index (χ2v) is 6.49. The standard InChI is InChI=1S/C22H30N2/c1-4-6-8-10-12-20-14-19(17-24)15-21(13-11-9-7-5-2)22(20)18(3)16-23/h14-15H,3-13H2,1-2H3. The predicted octanol–water partition coefficient (Wildman–Crippen LogP) is 6.34. The van der Waals surface area contributed by atoms with Crippen LogP contribution in [0.3, 0.4) is 0 Å². The number of hydrogen-bond donors (Lipinski definition) is 0. The van der Waals surface area contributed by atoms with E-state index < -0.39 is 0 Å². The first-order chi connectivity index (χ1) is 11.7. The van der Waals surface area contributed by atoms with Gasteiger partial charge >= 0.3 is 0 Å². The van der Waals surface area contributed by atoms with Crippen molar-refractivity contribution in [3.8, 4) is 12.1 Å². The van der Waals surface area contributed by atoms with E-state index in [1.807, 2.05) is 12.1 Å². The van der Waals surface area contributed by atoms with E-state index >= 15 is 0 Å². The van der Waals surface area contributed by atoms with Gasteiger partial charge in [0.2, 0.25) is 0 Å². The molecule has 2 nitrogen and oxygen atoms in total. The SMILES string of the molecule is C=C(C#N)c1c(CCCCCC)cc(C#N)cc1CCCCCC. The minimum Gasteiger partial charge on any atom is -0.192 e. The van der Waals surface area contributed by atoms with Crippen LogP contribution in [-0.2, 0) is 12.8 Å². The van der Waals surface area contributed by atoms with E-state index in [0.717, 1.165) is 42.4 Å². The Morgan fingerprint density at radius 3 is 1.75 bits per heavy atom. The molecule has 0 aliphatic heterocycles. The molecule has 128 valence electrons. The highest BCUT2D eigenvalue weighted by Gasteiger charge is 2.14. The topological polar surface area (TPSA) is 47.6 Å². The molecule has 0 heterocycles. The number of nitrogens with zero attached hydrogens (tertiary/aromatic N) is 2. The molecule has 2 heteroatoms. The summed E-state index contributed by atoms with van der Waals surface area (Å²) in [5, 5.41) is 18.7. The molecule has 0 bridgehead atoms. The first kappa shape index (κ1) is 20.0. The summed E-state index contributed by atoms with van der Waals surface area (Å²) in [6, 6.07) is 8.42. The molecule has 0 aromatic heterocycles. The Balaban J connectivity index is 3.07. The number of nitriles is 2. The molecule has 1 aromatic carbocycles. The molecule has 1 aromatic rings. The van der Waals surface area contributed by atoms with Gasteiger partial charge in [-0.05, 0) is 54.5 Å². The fraction of sp³-hybridized carbons (Fsp3) is 0.545. The molecule has 0 aliphatic rings. The zero-order valence-corrected chi connectivity index (χ0v) is 15.3. The van der Waals surface area contributed by atoms with E-state index in [4.69, 9.17) is 0 Å². The van der Waals surface area contributed by atoms with Crippen LogP contribution in [0, 0.1) is 22.7 Å². The van der Waals surface area contributed by atoms with E-state index in [1.54, 1.807) is 0 Å². The van der Waals surface area contributed by atoms with Crippen molar-refractivity contribution in [2.45, 2.75) is 78.1 Å². The summed E-state index contributed by atoms with van der Waals surface area (Å²) in [4.78, 5) is 0. The van der Waals surface area contributed by atoms with Gasteiger partial charge in [-0.2, -0.15) is 10.5 Å². The van der Waals surface area contributed by atoms with E-state index in [-0.39, 0.29) is 0 Å². The lowest BCUT2D eigenvalue weighted by Crippen LogP contribution is -2.02. The van der Waals surface area contributed by atoms with Gasteiger partial charge in [0.25, 0.3) is 0 Å². The Bertz CT molecular complexity index is 581. The van der Waals surface area contributed by atoms with E-state index in [0.29, 0.717) is 11.1 Å². The van der Waals surface area contributed by atoms with Gasteiger partial charge < -0.3 is 0 Å². The van der Waals surface area contributed by atoms with Gasteiger partial charge in [0.15, 0.2) is 0 Å². The van der Waals surface area contributed by atoms with Crippen molar-refractivity contribution in [3.63, 3.8) is 0 Å². The first-order valence-electron chi connectivity index (χ1n) is 9.33. The lowest BCUT2D eigenvalue weighted by atomic mass is 9.88. The van der Waals surface area contributed by atoms with Crippen LogP contribution in [0.1, 0.15) is 87.5 Å². The summed E-state index contributed by atoms with van der Waals surface area (Å²) in [6.45, 7) is 8.37. The molecule has 0 N–H and O–H groups in total. The Morgan fingerprint density at radius 2 is 1.38 bits per heavy atom. The molecule has 0 spiro atoms. The fourth-order valence-electron chi connectivity index (χ4n) is 3.15. The highest BCUT2D eigenvalue weighted by Crippen LogP contribution is 2.27. The molecule has 0 unspecified atom stereocenters. The van der Waals surface area contributed by atoms with Crippen molar-refractivity contribution in [1.29, 1.82) is 10.5 Å². The summed E-state index contributed by atoms with van der Waals surface area (Å²) in [7, 11) is 0. The van der Waals surface area contributed by atoms with Gasteiger partial charge in [0.1, 0.15) is 0 Å². The van der Waals surface area contributed by atoms with Crippen molar-refractivity contribution in [2.24, 2.45) is 0 Å². The molecule has 0 saturated carbocycles. The quantitative estimate of drug-likeness (QED) is 0.352. The Kier molecular flexibility index (Phi) is 9.55. The average Bonchev–Trinajstić information content (AvgIpc) is 2.61. The molecule has 1 rings (SSSR count). The Hall–Kier alpha value is -2.06. The number of rotatable bonds is 11. The van der Waals surface area contributed by atoms with Gasteiger partial charge in [0, 0.05) is 0 Å². The second kappa shape index (κ2) is 11.5. The highest BCUT2D eigenvalue weighted by atomic mass is 14.3. The summed E-state index contributed by atoms with van der Waals surface area (Å²) < 4.78 is 0. The third kappa shape index (κ3) is 6.21. The molecule has 0 aliphatic carbocycles. The zero-order valence-electron chi connectivity index (χ0n) is 15.3. The normalized spacial score (nSPS) is 10.2. The average molecular weight is 322 g/mol. The van der Waals surface area contributed by atoms with Crippen molar-refractivity contribution in [2.75, 3.05) is 0 Å². The first-order valence-corrected chi connectivity index (χ1v) is 9.33. The largest absolute Gasteiger partial charge is 0.192 e. The highest BCUT2D eigenvalue weighted by molar-refractivity contribution is 5.79. The van der Waals surface area contributed by atoms with Crippen LogP contribution in [0.2, 0.25) is 0 Å². The van der Waals surface area contributed by atoms with Crippen LogP contribution < -0.4 is 0 Å². The van der Waals surface area contributed by atoms with Crippen molar-refractivity contribution in [1.82, 2.24) is 0 Å². The number of aryl methyl sites for hydroxylation is 2. The minimum absolute atomic E-state index is 0.537. The van der Waals surface area contributed by atoms with Crippen LogP contribution in [0.4, 0.5) is 0 Å².